The Morgan fingerprint density at radius 3 is 2.88 bits per heavy atom. The van der Waals surface area contributed by atoms with Gasteiger partial charge in [-0.05, 0) is 12.1 Å². The predicted octanol–water partition coefficient (Wildman–Crippen LogP) is 2.29. The molecule has 0 saturated carbocycles. The number of H-pyrrole nitrogens is 1. The Hall–Kier alpha value is -1.39. The van der Waals surface area contributed by atoms with Crippen molar-refractivity contribution in [3.05, 3.63) is 52.3 Å². The van der Waals surface area contributed by atoms with E-state index in [0.717, 1.165) is 0 Å². The van der Waals surface area contributed by atoms with E-state index in [-0.39, 0.29) is 18.8 Å². The summed E-state index contributed by atoms with van der Waals surface area (Å²) in [5, 5.41) is 9.23. The molecule has 0 aliphatic carbocycles. The lowest BCUT2D eigenvalue weighted by molar-refractivity contribution is 0.277. The fourth-order valence-corrected chi connectivity index (χ4v) is 1.67. The number of aromatic nitrogens is 2. The van der Waals surface area contributed by atoms with Crippen LogP contribution in [0.15, 0.2) is 24.4 Å². The van der Waals surface area contributed by atoms with Gasteiger partial charge in [0.15, 0.2) is 0 Å². The molecule has 1 aromatic carbocycles. The van der Waals surface area contributed by atoms with E-state index in [2.05, 4.69) is 9.97 Å². The molecule has 16 heavy (non-hydrogen) atoms. The second-order valence-electron chi connectivity index (χ2n) is 3.39. The van der Waals surface area contributed by atoms with Gasteiger partial charge in [0.25, 0.3) is 0 Å². The van der Waals surface area contributed by atoms with Gasteiger partial charge >= 0.3 is 0 Å². The monoisotopic (exact) mass is 240 g/mol. The Balaban J connectivity index is 2.26. The Morgan fingerprint density at radius 2 is 2.25 bits per heavy atom. The zero-order valence-electron chi connectivity index (χ0n) is 8.37. The predicted molar refractivity (Wildman–Crippen MR) is 58.7 cm³/mol. The van der Waals surface area contributed by atoms with Gasteiger partial charge in [-0.25, -0.2) is 9.37 Å². The summed E-state index contributed by atoms with van der Waals surface area (Å²) >= 11 is 5.89. The molecule has 1 aromatic heterocycles. The summed E-state index contributed by atoms with van der Waals surface area (Å²) in [6, 6.07) is 4.55. The number of benzene rings is 1. The topological polar surface area (TPSA) is 48.9 Å². The molecule has 5 heteroatoms. The van der Waals surface area contributed by atoms with E-state index >= 15 is 0 Å². The number of aliphatic hydroxyl groups is 1. The van der Waals surface area contributed by atoms with Crippen molar-refractivity contribution < 1.29 is 9.50 Å². The second-order valence-corrected chi connectivity index (χ2v) is 3.80. The minimum atomic E-state index is -0.352. The Morgan fingerprint density at radius 1 is 1.44 bits per heavy atom. The third kappa shape index (κ3) is 2.23. The van der Waals surface area contributed by atoms with Gasteiger partial charge < -0.3 is 10.1 Å². The van der Waals surface area contributed by atoms with Crippen LogP contribution < -0.4 is 0 Å². The summed E-state index contributed by atoms with van der Waals surface area (Å²) in [5.41, 5.74) is 1.01. The Bertz CT molecular complexity index is 478. The molecule has 0 fully saturated rings. The van der Waals surface area contributed by atoms with Crippen LogP contribution in [0.4, 0.5) is 4.39 Å². The van der Waals surface area contributed by atoms with Crippen molar-refractivity contribution in [3.63, 3.8) is 0 Å². The number of nitrogens with one attached hydrogen (secondary N) is 1. The first-order valence-electron chi connectivity index (χ1n) is 4.77. The number of aromatic amines is 1. The molecule has 0 aliphatic heterocycles. The van der Waals surface area contributed by atoms with Crippen LogP contribution in [0.1, 0.15) is 17.1 Å². The maximum Gasteiger partial charge on any atom is 0.128 e. The highest BCUT2D eigenvalue weighted by molar-refractivity contribution is 6.31. The molecule has 0 saturated heterocycles. The molecule has 1 heterocycles. The summed E-state index contributed by atoms with van der Waals surface area (Å²) in [6.07, 6.45) is 1.80. The van der Waals surface area contributed by atoms with Gasteiger partial charge in [0.1, 0.15) is 11.6 Å². The molecule has 84 valence electrons. The van der Waals surface area contributed by atoms with Crippen molar-refractivity contribution in [1.82, 2.24) is 9.97 Å². The van der Waals surface area contributed by atoms with Crippen LogP contribution in [0.2, 0.25) is 5.02 Å². The molecular weight excluding hydrogens is 231 g/mol. The highest BCUT2D eigenvalue weighted by Crippen LogP contribution is 2.21. The fourth-order valence-electron chi connectivity index (χ4n) is 1.44. The van der Waals surface area contributed by atoms with Crippen LogP contribution in [0, 0.1) is 5.82 Å². The van der Waals surface area contributed by atoms with Crippen molar-refractivity contribution in [1.29, 1.82) is 0 Å². The van der Waals surface area contributed by atoms with Gasteiger partial charge in [0.2, 0.25) is 0 Å². The van der Waals surface area contributed by atoms with E-state index in [1.54, 1.807) is 12.1 Å². The van der Waals surface area contributed by atoms with Crippen LogP contribution in [-0.4, -0.2) is 15.1 Å². The van der Waals surface area contributed by atoms with E-state index < -0.39 is 0 Å². The number of aliphatic hydroxyl groups excluding tert-OH is 1. The zero-order chi connectivity index (χ0) is 11.5. The SMILES string of the molecule is OCc1cnc(Cc2c(F)cccc2Cl)[nH]1. The largest absolute Gasteiger partial charge is 0.390 e. The molecule has 0 bridgehead atoms. The summed E-state index contributed by atoms with van der Waals surface area (Å²) in [6.45, 7) is -0.113. The number of hydrogen-bond donors (Lipinski definition) is 2. The average molecular weight is 241 g/mol. The molecule has 0 atom stereocenters. The molecule has 3 nitrogen and oxygen atoms in total. The van der Waals surface area contributed by atoms with Gasteiger partial charge in [-0.15, -0.1) is 0 Å². The van der Waals surface area contributed by atoms with E-state index in [0.29, 0.717) is 22.1 Å². The molecule has 0 radical (unpaired) electrons. The molecular formula is C11H10ClFN2O. The fraction of sp³-hybridized carbons (Fsp3) is 0.182. The van der Waals surface area contributed by atoms with Gasteiger partial charge in [0.05, 0.1) is 18.5 Å². The van der Waals surface area contributed by atoms with E-state index in [1.165, 1.54) is 12.3 Å². The molecule has 0 spiro atoms. The third-order valence-corrected chi connectivity index (χ3v) is 2.61. The Labute approximate surface area is 96.9 Å². The Kier molecular flexibility index (Phi) is 3.22. The minimum Gasteiger partial charge on any atom is -0.390 e. The van der Waals surface area contributed by atoms with Crippen molar-refractivity contribution in [2.45, 2.75) is 13.0 Å². The average Bonchev–Trinajstić information content (AvgIpc) is 2.71. The molecule has 2 aromatic rings. The van der Waals surface area contributed by atoms with Gasteiger partial charge in [-0.1, -0.05) is 17.7 Å². The van der Waals surface area contributed by atoms with Gasteiger partial charge in [-0.3, -0.25) is 0 Å². The van der Waals surface area contributed by atoms with Gasteiger partial charge in [0, 0.05) is 17.0 Å². The van der Waals surface area contributed by atoms with E-state index in [4.69, 9.17) is 16.7 Å². The van der Waals surface area contributed by atoms with E-state index in [1.807, 2.05) is 0 Å². The maximum absolute atomic E-state index is 13.4. The summed E-state index contributed by atoms with van der Waals surface area (Å²) in [5.74, 6) is 0.227. The van der Waals surface area contributed by atoms with Crippen LogP contribution in [0.5, 0.6) is 0 Å². The van der Waals surface area contributed by atoms with E-state index in [9.17, 15) is 4.39 Å². The van der Waals surface area contributed by atoms with Crippen LogP contribution in [0.3, 0.4) is 0 Å². The van der Waals surface area contributed by atoms with Crippen molar-refractivity contribution in [2.24, 2.45) is 0 Å². The van der Waals surface area contributed by atoms with Crippen molar-refractivity contribution in [3.8, 4) is 0 Å². The minimum absolute atomic E-state index is 0.113. The van der Waals surface area contributed by atoms with Crippen molar-refractivity contribution >= 4 is 11.6 Å². The van der Waals surface area contributed by atoms with Crippen LogP contribution >= 0.6 is 11.6 Å². The standard InChI is InChI=1S/C11H10ClFN2O/c12-9-2-1-3-10(13)8(9)4-11-14-5-7(6-16)15-11/h1-3,5,16H,4,6H2,(H,14,15). The molecule has 0 aliphatic rings. The molecule has 2 N–H and O–H groups in total. The summed E-state index contributed by atoms with van der Waals surface area (Å²) < 4.78 is 13.4. The first-order chi connectivity index (χ1) is 7.70. The first kappa shape index (κ1) is 11.1. The lowest BCUT2D eigenvalue weighted by Crippen LogP contribution is -1.96. The first-order valence-corrected chi connectivity index (χ1v) is 5.15. The normalized spacial score (nSPS) is 10.7. The zero-order valence-corrected chi connectivity index (χ0v) is 9.13. The number of imidazole rings is 1. The smallest absolute Gasteiger partial charge is 0.128 e. The summed E-state index contributed by atoms with van der Waals surface area (Å²) in [7, 11) is 0. The lowest BCUT2D eigenvalue weighted by Gasteiger charge is -2.03. The number of hydrogen-bond acceptors (Lipinski definition) is 2. The van der Waals surface area contributed by atoms with Gasteiger partial charge in [-0.2, -0.15) is 0 Å². The van der Waals surface area contributed by atoms with Crippen LogP contribution in [-0.2, 0) is 13.0 Å². The number of rotatable bonds is 3. The number of halogens is 2. The quantitative estimate of drug-likeness (QED) is 0.865. The second kappa shape index (κ2) is 4.63. The molecule has 2 rings (SSSR count). The van der Waals surface area contributed by atoms with Crippen LogP contribution in [0.25, 0.3) is 0 Å². The number of nitrogens with zero attached hydrogens (tertiary/aromatic N) is 1. The third-order valence-electron chi connectivity index (χ3n) is 2.26. The maximum atomic E-state index is 13.4. The molecule has 0 unspecified atom stereocenters. The molecule has 0 amide bonds. The lowest BCUT2D eigenvalue weighted by atomic mass is 10.1. The highest BCUT2D eigenvalue weighted by Gasteiger charge is 2.09. The van der Waals surface area contributed by atoms with Crippen molar-refractivity contribution in [2.75, 3.05) is 0 Å². The summed E-state index contributed by atoms with van der Waals surface area (Å²) in [4.78, 5) is 6.90. The highest BCUT2D eigenvalue weighted by atomic mass is 35.5.